The summed E-state index contributed by atoms with van der Waals surface area (Å²) in [4.78, 5) is 5.13. The summed E-state index contributed by atoms with van der Waals surface area (Å²) in [5.74, 6) is 0.743. The quantitative estimate of drug-likeness (QED) is 0.782. The summed E-state index contributed by atoms with van der Waals surface area (Å²) in [6.07, 6.45) is 0. The molecule has 1 aliphatic heterocycles. The standard InChI is InChI=1S/C16H25BrN2/c1-13(11-17)12-18-7-9-19(10-8-18)16-6-4-5-14(2)15(16)3/h4-6,13H,7-12H2,1-3H3. The third-order valence-electron chi connectivity index (χ3n) is 4.12. The van der Waals surface area contributed by atoms with E-state index in [2.05, 4.69) is 64.7 Å². The molecule has 1 aromatic rings. The van der Waals surface area contributed by atoms with Gasteiger partial charge in [-0.1, -0.05) is 35.0 Å². The average Bonchev–Trinajstić information content (AvgIpc) is 2.43. The molecule has 19 heavy (non-hydrogen) atoms. The predicted molar refractivity (Wildman–Crippen MR) is 87.5 cm³/mol. The summed E-state index contributed by atoms with van der Waals surface area (Å²) in [6.45, 7) is 12.6. The van der Waals surface area contributed by atoms with Gasteiger partial charge in [-0.05, 0) is 37.0 Å². The maximum absolute atomic E-state index is 3.57. The Hall–Kier alpha value is -0.540. The number of alkyl halides is 1. The molecule has 1 atom stereocenters. The fourth-order valence-electron chi connectivity index (χ4n) is 2.74. The van der Waals surface area contributed by atoms with Crippen LogP contribution in [0.5, 0.6) is 0 Å². The minimum absolute atomic E-state index is 0.743. The maximum atomic E-state index is 3.57. The van der Waals surface area contributed by atoms with Gasteiger partial charge in [0.05, 0.1) is 0 Å². The molecule has 2 nitrogen and oxygen atoms in total. The second-order valence-electron chi connectivity index (χ2n) is 5.77. The summed E-state index contributed by atoms with van der Waals surface area (Å²) in [7, 11) is 0. The van der Waals surface area contributed by atoms with Crippen LogP contribution < -0.4 is 4.90 Å². The molecule has 0 bridgehead atoms. The number of hydrogen-bond donors (Lipinski definition) is 0. The van der Waals surface area contributed by atoms with Gasteiger partial charge in [-0.3, -0.25) is 4.90 Å². The summed E-state index contributed by atoms with van der Waals surface area (Å²) >= 11 is 3.57. The van der Waals surface area contributed by atoms with Crippen molar-refractivity contribution in [3.8, 4) is 0 Å². The monoisotopic (exact) mass is 324 g/mol. The molecule has 1 fully saturated rings. The second-order valence-corrected chi connectivity index (χ2v) is 6.41. The Balaban J connectivity index is 1.94. The Morgan fingerprint density at radius 3 is 2.47 bits per heavy atom. The third kappa shape index (κ3) is 3.73. The van der Waals surface area contributed by atoms with E-state index in [-0.39, 0.29) is 0 Å². The van der Waals surface area contributed by atoms with Gasteiger partial charge in [0.15, 0.2) is 0 Å². The van der Waals surface area contributed by atoms with Crippen LogP contribution in [0.15, 0.2) is 18.2 Å². The summed E-state index contributed by atoms with van der Waals surface area (Å²) in [5.41, 5.74) is 4.26. The Kier molecular flexibility index (Phi) is 5.28. The van der Waals surface area contributed by atoms with E-state index in [1.807, 2.05) is 0 Å². The number of aryl methyl sites for hydroxylation is 1. The number of piperazine rings is 1. The Morgan fingerprint density at radius 1 is 1.16 bits per heavy atom. The van der Waals surface area contributed by atoms with Gasteiger partial charge in [0.1, 0.15) is 0 Å². The minimum Gasteiger partial charge on any atom is -0.369 e. The molecule has 1 aliphatic rings. The lowest BCUT2D eigenvalue weighted by molar-refractivity contribution is 0.233. The Bertz CT molecular complexity index is 411. The highest BCUT2D eigenvalue weighted by Gasteiger charge is 2.19. The highest BCUT2D eigenvalue weighted by atomic mass is 79.9. The van der Waals surface area contributed by atoms with Crippen LogP contribution in [0, 0.1) is 19.8 Å². The zero-order valence-electron chi connectivity index (χ0n) is 12.3. The molecule has 1 aromatic carbocycles. The molecule has 0 aliphatic carbocycles. The molecule has 1 saturated heterocycles. The summed E-state index contributed by atoms with van der Waals surface area (Å²) in [6, 6.07) is 6.64. The predicted octanol–water partition coefficient (Wildman–Crippen LogP) is 3.46. The molecule has 1 heterocycles. The smallest absolute Gasteiger partial charge is 0.0399 e. The number of anilines is 1. The van der Waals surface area contributed by atoms with E-state index >= 15 is 0 Å². The highest BCUT2D eigenvalue weighted by Crippen LogP contribution is 2.24. The first-order chi connectivity index (χ1) is 9.11. The molecule has 2 rings (SSSR count). The first-order valence-electron chi connectivity index (χ1n) is 7.21. The van der Waals surface area contributed by atoms with Gasteiger partial charge in [0.25, 0.3) is 0 Å². The van der Waals surface area contributed by atoms with E-state index in [1.54, 1.807) is 0 Å². The lowest BCUT2D eigenvalue weighted by Crippen LogP contribution is -2.48. The van der Waals surface area contributed by atoms with Crippen molar-refractivity contribution in [2.24, 2.45) is 5.92 Å². The van der Waals surface area contributed by atoms with Gasteiger partial charge < -0.3 is 4.90 Å². The highest BCUT2D eigenvalue weighted by molar-refractivity contribution is 9.09. The van der Waals surface area contributed by atoms with Crippen molar-refractivity contribution in [1.82, 2.24) is 4.90 Å². The molecule has 0 spiro atoms. The van der Waals surface area contributed by atoms with Crippen molar-refractivity contribution in [1.29, 1.82) is 0 Å². The van der Waals surface area contributed by atoms with E-state index in [9.17, 15) is 0 Å². The number of hydrogen-bond acceptors (Lipinski definition) is 2. The van der Waals surface area contributed by atoms with Crippen LogP contribution in [0.25, 0.3) is 0 Å². The minimum atomic E-state index is 0.743. The van der Waals surface area contributed by atoms with Crippen LogP contribution in [-0.2, 0) is 0 Å². The van der Waals surface area contributed by atoms with Crippen molar-refractivity contribution >= 4 is 21.6 Å². The maximum Gasteiger partial charge on any atom is 0.0399 e. The number of benzene rings is 1. The van der Waals surface area contributed by atoms with E-state index in [0.29, 0.717) is 0 Å². The van der Waals surface area contributed by atoms with Crippen LogP contribution in [0.1, 0.15) is 18.1 Å². The van der Waals surface area contributed by atoms with Gasteiger partial charge in [-0.15, -0.1) is 0 Å². The average molecular weight is 325 g/mol. The normalized spacial score (nSPS) is 18.6. The van der Waals surface area contributed by atoms with Crippen LogP contribution >= 0.6 is 15.9 Å². The largest absolute Gasteiger partial charge is 0.369 e. The molecule has 0 aromatic heterocycles. The van der Waals surface area contributed by atoms with E-state index in [0.717, 1.165) is 24.3 Å². The molecular formula is C16H25BrN2. The Labute approximate surface area is 125 Å². The van der Waals surface area contributed by atoms with Crippen LogP contribution in [0.2, 0.25) is 0 Å². The van der Waals surface area contributed by atoms with E-state index in [4.69, 9.17) is 0 Å². The van der Waals surface area contributed by atoms with Crippen molar-refractivity contribution in [2.45, 2.75) is 20.8 Å². The molecular weight excluding hydrogens is 300 g/mol. The fraction of sp³-hybridized carbons (Fsp3) is 0.625. The molecule has 1 unspecified atom stereocenters. The number of halogens is 1. The molecule has 0 N–H and O–H groups in total. The third-order valence-corrected chi connectivity index (χ3v) is 5.23. The lowest BCUT2D eigenvalue weighted by Gasteiger charge is -2.37. The molecule has 0 radical (unpaired) electrons. The van der Waals surface area contributed by atoms with E-state index in [1.165, 1.54) is 36.4 Å². The number of nitrogens with zero attached hydrogens (tertiary/aromatic N) is 2. The Morgan fingerprint density at radius 2 is 1.84 bits per heavy atom. The topological polar surface area (TPSA) is 6.48 Å². The zero-order chi connectivity index (χ0) is 13.8. The number of rotatable bonds is 4. The van der Waals surface area contributed by atoms with Gasteiger partial charge in [0, 0.05) is 43.7 Å². The van der Waals surface area contributed by atoms with Crippen molar-refractivity contribution in [3.63, 3.8) is 0 Å². The van der Waals surface area contributed by atoms with Gasteiger partial charge in [0.2, 0.25) is 0 Å². The van der Waals surface area contributed by atoms with Crippen LogP contribution in [-0.4, -0.2) is 43.0 Å². The van der Waals surface area contributed by atoms with E-state index < -0.39 is 0 Å². The van der Waals surface area contributed by atoms with Crippen molar-refractivity contribution in [3.05, 3.63) is 29.3 Å². The molecule has 106 valence electrons. The zero-order valence-corrected chi connectivity index (χ0v) is 13.9. The summed E-state index contributed by atoms with van der Waals surface area (Å²) < 4.78 is 0. The molecule has 0 amide bonds. The van der Waals surface area contributed by atoms with Crippen LogP contribution in [0.4, 0.5) is 5.69 Å². The van der Waals surface area contributed by atoms with Crippen molar-refractivity contribution < 1.29 is 0 Å². The second kappa shape index (κ2) is 6.76. The fourth-order valence-corrected chi connectivity index (χ4v) is 2.94. The molecule has 0 saturated carbocycles. The summed E-state index contributed by atoms with van der Waals surface area (Å²) in [5, 5.41) is 1.10. The first-order valence-corrected chi connectivity index (χ1v) is 8.33. The SMILES string of the molecule is Cc1cccc(N2CCN(CC(C)CBr)CC2)c1C. The van der Waals surface area contributed by atoms with Crippen LogP contribution in [0.3, 0.4) is 0 Å². The van der Waals surface area contributed by atoms with Crippen molar-refractivity contribution in [2.75, 3.05) is 43.0 Å². The lowest BCUT2D eigenvalue weighted by atomic mass is 10.1. The van der Waals surface area contributed by atoms with Gasteiger partial charge >= 0.3 is 0 Å². The van der Waals surface area contributed by atoms with Gasteiger partial charge in [-0.2, -0.15) is 0 Å². The molecule has 3 heteroatoms. The van der Waals surface area contributed by atoms with Gasteiger partial charge in [-0.25, -0.2) is 0 Å². The first kappa shape index (κ1) is 14.9.